The highest BCUT2D eigenvalue weighted by atomic mass is 32.1. The summed E-state index contributed by atoms with van der Waals surface area (Å²) in [7, 11) is 0. The Labute approximate surface area is 148 Å². The number of rotatable bonds is 2. The molecule has 7 heteroatoms. The maximum Gasteiger partial charge on any atom is 0.264 e. The van der Waals surface area contributed by atoms with Crippen LogP contribution in [0.5, 0.6) is 0 Å². The van der Waals surface area contributed by atoms with Gasteiger partial charge < -0.3 is 9.64 Å². The normalized spacial score (nSPS) is 21.8. The minimum atomic E-state index is -0.0262. The molecule has 0 spiro atoms. The van der Waals surface area contributed by atoms with Gasteiger partial charge in [0.05, 0.1) is 29.3 Å². The van der Waals surface area contributed by atoms with E-state index in [9.17, 15) is 4.79 Å². The van der Waals surface area contributed by atoms with Crippen LogP contribution in [0, 0.1) is 0 Å². The molecule has 0 aliphatic carbocycles. The molecule has 1 amide bonds. The van der Waals surface area contributed by atoms with Gasteiger partial charge in [-0.2, -0.15) is 0 Å². The zero-order valence-electron chi connectivity index (χ0n) is 13.4. The van der Waals surface area contributed by atoms with Crippen LogP contribution in [-0.4, -0.2) is 45.0 Å². The number of thiophene rings is 1. The lowest BCUT2D eigenvalue weighted by atomic mass is 10.1. The van der Waals surface area contributed by atoms with Crippen LogP contribution >= 0.6 is 11.3 Å². The number of nitrogens with zero attached hydrogens (tertiary/aromatic N) is 4. The molecule has 3 aromatic rings. The van der Waals surface area contributed by atoms with Crippen LogP contribution in [0.1, 0.15) is 21.4 Å². The summed E-state index contributed by atoms with van der Waals surface area (Å²) in [6.45, 7) is 1.67. The number of likely N-dealkylation sites (tertiary alicyclic amines) is 1. The zero-order chi connectivity index (χ0) is 16.8. The third kappa shape index (κ3) is 2.39. The lowest BCUT2D eigenvalue weighted by Gasteiger charge is -2.26. The molecular weight excluding hydrogens is 336 g/mol. The Hall–Kier alpha value is -2.51. The number of aromatic nitrogens is 3. The van der Waals surface area contributed by atoms with E-state index >= 15 is 0 Å². The largest absolute Gasteiger partial charge is 0.368 e. The Bertz CT molecular complexity index is 907. The topological polar surface area (TPSA) is 60.3 Å². The van der Waals surface area contributed by atoms with Gasteiger partial charge in [0.1, 0.15) is 5.69 Å². The van der Waals surface area contributed by atoms with Crippen molar-refractivity contribution >= 4 is 17.2 Å². The smallest absolute Gasteiger partial charge is 0.264 e. The number of fused-ring (bicyclic) bond motifs is 3. The van der Waals surface area contributed by atoms with Gasteiger partial charge in [-0.1, -0.05) is 41.6 Å². The summed E-state index contributed by atoms with van der Waals surface area (Å²) < 4.78 is 8.01. The van der Waals surface area contributed by atoms with E-state index in [0.29, 0.717) is 19.7 Å². The fraction of sp³-hybridized carbons (Fsp3) is 0.278. The minimum Gasteiger partial charge on any atom is -0.368 e. The molecule has 1 saturated heterocycles. The van der Waals surface area contributed by atoms with Gasteiger partial charge in [0.15, 0.2) is 0 Å². The molecule has 0 saturated carbocycles. The first-order valence-electron chi connectivity index (χ1n) is 8.25. The van der Waals surface area contributed by atoms with Crippen molar-refractivity contribution in [1.29, 1.82) is 0 Å². The van der Waals surface area contributed by atoms with E-state index < -0.39 is 0 Å². The van der Waals surface area contributed by atoms with Crippen LogP contribution in [0.25, 0.3) is 11.3 Å². The zero-order valence-corrected chi connectivity index (χ0v) is 14.2. The first kappa shape index (κ1) is 14.8. The number of ether oxygens (including phenoxy) is 1. The lowest BCUT2D eigenvalue weighted by Crippen LogP contribution is -2.32. The van der Waals surface area contributed by atoms with E-state index in [1.807, 2.05) is 57.4 Å². The molecule has 4 heterocycles. The van der Waals surface area contributed by atoms with Crippen LogP contribution in [0.3, 0.4) is 0 Å². The maximum absolute atomic E-state index is 12.6. The summed E-state index contributed by atoms with van der Waals surface area (Å²) in [6, 6.07) is 13.8. The molecule has 2 atom stereocenters. The molecule has 2 aliphatic heterocycles. The van der Waals surface area contributed by atoms with E-state index in [0.717, 1.165) is 21.8 Å². The molecule has 25 heavy (non-hydrogen) atoms. The van der Waals surface area contributed by atoms with Crippen molar-refractivity contribution in [1.82, 2.24) is 19.9 Å². The molecule has 2 aromatic heterocycles. The monoisotopic (exact) mass is 352 g/mol. The summed E-state index contributed by atoms with van der Waals surface area (Å²) in [6.07, 6.45) is -0.0262. The van der Waals surface area contributed by atoms with Crippen LogP contribution in [0.4, 0.5) is 0 Å². The van der Waals surface area contributed by atoms with Gasteiger partial charge in [-0.3, -0.25) is 4.79 Å². The summed E-state index contributed by atoms with van der Waals surface area (Å²) in [5.74, 6) is 0.0675. The van der Waals surface area contributed by atoms with E-state index in [2.05, 4.69) is 10.3 Å². The standard InChI is InChI=1S/C18H16N4O2S/c23-18(16-7-4-8-25-16)21-9-13-15(10-21)24-11-14-17(19-20-22(13)14)12-5-2-1-3-6-12/h1-8,13,15H,9-11H2/t13-,15-/m1/s1. The van der Waals surface area contributed by atoms with Gasteiger partial charge in [0.25, 0.3) is 5.91 Å². The van der Waals surface area contributed by atoms with E-state index in [4.69, 9.17) is 4.74 Å². The molecule has 6 nitrogen and oxygen atoms in total. The maximum atomic E-state index is 12.6. The van der Waals surface area contributed by atoms with Gasteiger partial charge >= 0.3 is 0 Å². The minimum absolute atomic E-state index is 0.0256. The predicted molar refractivity (Wildman–Crippen MR) is 93.3 cm³/mol. The molecule has 126 valence electrons. The Morgan fingerprint density at radius 2 is 2.04 bits per heavy atom. The second-order valence-electron chi connectivity index (χ2n) is 6.30. The average Bonchev–Trinajstić information content (AvgIpc) is 3.39. The molecule has 2 aliphatic rings. The number of carbonyl (C=O) groups is 1. The molecule has 0 N–H and O–H groups in total. The number of amides is 1. The van der Waals surface area contributed by atoms with Crippen LogP contribution in [0.15, 0.2) is 47.8 Å². The van der Waals surface area contributed by atoms with E-state index in [-0.39, 0.29) is 18.1 Å². The van der Waals surface area contributed by atoms with Crippen molar-refractivity contribution in [3.05, 3.63) is 58.4 Å². The van der Waals surface area contributed by atoms with Crippen molar-refractivity contribution in [2.75, 3.05) is 13.1 Å². The summed E-state index contributed by atoms with van der Waals surface area (Å²) in [5.41, 5.74) is 2.88. The van der Waals surface area contributed by atoms with Crippen molar-refractivity contribution in [2.45, 2.75) is 18.8 Å². The molecule has 0 bridgehead atoms. The van der Waals surface area contributed by atoms with Crippen molar-refractivity contribution < 1.29 is 9.53 Å². The Kier molecular flexibility index (Phi) is 3.43. The van der Waals surface area contributed by atoms with Gasteiger partial charge in [-0.05, 0) is 11.4 Å². The first-order valence-corrected chi connectivity index (χ1v) is 9.13. The van der Waals surface area contributed by atoms with Gasteiger partial charge in [-0.15, -0.1) is 16.4 Å². The lowest BCUT2D eigenvalue weighted by molar-refractivity contribution is -0.00461. The van der Waals surface area contributed by atoms with E-state index in [1.165, 1.54) is 11.3 Å². The second kappa shape index (κ2) is 5.79. The fourth-order valence-corrected chi connectivity index (χ4v) is 4.29. The Balaban J connectivity index is 1.44. The fourth-order valence-electron chi connectivity index (χ4n) is 3.60. The van der Waals surface area contributed by atoms with Gasteiger partial charge in [-0.25, -0.2) is 4.68 Å². The first-order chi connectivity index (χ1) is 12.3. The SMILES string of the molecule is O=C(c1cccs1)N1C[C@@H]2[C@@H](C1)OCc1c(-c3ccccc3)nnn12. The number of carbonyl (C=O) groups excluding carboxylic acids is 1. The summed E-state index contributed by atoms with van der Waals surface area (Å²) in [4.78, 5) is 15.3. The van der Waals surface area contributed by atoms with Crippen LogP contribution in [0.2, 0.25) is 0 Å². The molecule has 5 rings (SSSR count). The predicted octanol–water partition coefficient (Wildman–Crippen LogP) is 2.60. The molecule has 1 aromatic carbocycles. The molecule has 0 unspecified atom stereocenters. The van der Waals surface area contributed by atoms with Gasteiger partial charge in [0.2, 0.25) is 0 Å². The van der Waals surface area contributed by atoms with Crippen molar-refractivity contribution in [2.24, 2.45) is 0 Å². The van der Waals surface area contributed by atoms with E-state index in [1.54, 1.807) is 0 Å². The summed E-state index contributed by atoms with van der Waals surface area (Å²) in [5, 5.41) is 10.7. The molecule has 0 radical (unpaired) electrons. The quantitative estimate of drug-likeness (QED) is 0.711. The Morgan fingerprint density at radius 3 is 2.84 bits per heavy atom. The third-order valence-corrected chi connectivity index (χ3v) is 5.70. The van der Waals surface area contributed by atoms with Crippen LogP contribution in [-0.2, 0) is 11.3 Å². The highest BCUT2D eigenvalue weighted by Gasteiger charge is 2.42. The molecule has 1 fully saturated rings. The van der Waals surface area contributed by atoms with Crippen molar-refractivity contribution in [3.63, 3.8) is 0 Å². The summed E-state index contributed by atoms with van der Waals surface area (Å²) >= 11 is 1.47. The highest BCUT2D eigenvalue weighted by molar-refractivity contribution is 7.12. The third-order valence-electron chi connectivity index (χ3n) is 4.84. The van der Waals surface area contributed by atoms with Gasteiger partial charge in [0, 0.05) is 18.7 Å². The van der Waals surface area contributed by atoms with Crippen molar-refractivity contribution in [3.8, 4) is 11.3 Å². The van der Waals surface area contributed by atoms with Crippen LogP contribution < -0.4 is 0 Å². The number of hydrogen-bond donors (Lipinski definition) is 0. The average molecular weight is 352 g/mol. The number of benzene rings is 1. The highest BCUT2D eigenvalue weighted by Crippen LogP contribution is 2.34. The molecular formula is C18H16N4O2S. The number of hydrogen-bond acceptors (Lipinski definition) is 5. The Morgan fingerprint density at radius 1 is 1.16 bits per heavy atom. The second-order valence-corrected chi connectivity index (χ2v) is 7.25.